The summed E-state index contributed by atoms with van der Waals surface area (Å²) in [5.74, 6) is 0.419. The van der Waals surface area contributed by atoms with Crippen LogP contribution in [0, 0.1) is 0 Å². The van der Waals surface area contributed by atoms with Crippen molar-refractivity contribution in [2.45, 2.75) is 18.4 Å². The molecule has 11 heteroatoms. The van der Waals surface area contributed by atoms with E-state index in [2.05, 4.69) is 10.5 Å². The third kappa shape index (κ3) is 8.23. The molecule has 0 bridgehead atoms. The minimum atomic E-state index is -4.06. The molecule has 0 radical (unpaired) electrons. The summed E-state index contributed by atoms with van der Waals surface area (Å²) in [6.45, 7) is 2.09. The second-order valence-electron chi connectivity index (χ2n) is 8.65. The lowest BCUT2D eigenvalue weighted by Gasteiger charge is -2.23. The number of halogens is 2. The summed E-state index contributed by atoms with van der Waals surface area (Å²) in [6.07, 6.45) is 1.43. The molecule has 0 aliphatic carbocycles. The van der Waals surface area contributed by atoms with Crippen LogP contribution in [0.4, 0.5) is 5.69 Å². The van der Waals surface area contributed by atoms with Gasteiger partial charge < -0.3 is 9.47 Å². The molecule has 4 aromatic carbocycles. The molecule has 0 spiro atoms. The summed E-state index contributed by atoms with van der Waals surface area (Å²) >= 11 is 12.0. The van der Waals surface area contributed by atoms with Crippen LogP contribution in [0.5, 0.6) is 11.5 Å². The van der Waals surface area contributed by atoms with Gasteiger partial charge in [-0.05, 0) is 84.8 Å². The first-order chi connectivity index (χ1) is 19.8. The predicted molar refractivity (Wildman–Crippen MR) is 162 cm³/mol. The maximum Gasteiger partial charge on any atom is 0.264 e. The SMILES string of the molecule is CCOc1cc(/C=N\NC(=O)CN(c2ccccc2)S(=O)(=O)c2ccc(Cl)cc2)ccc1OCc1cccc(Cl)c1. The first-order valence-electron chi connectivity index (χ1n) is 12.6. The molecule has 1 N–H and O–H groups in total. The molecule has 0 aromatic heterocycles. The maximum atomic E-state index is 13.4. The van der Waals surface area contributed by atoms with Crippen molar-refractivity contribution >= 4 is 51.0 Å². The fourth-order valence-corrected chi connectivity index (χ4v) is 5.53. The minimum Gasteiger partial charge on any atom is -0.490 e. The third-order valence-corrected chi connectivity index (χ3v) is 7.96. The van der Waals surface area contributed by atoms with Crippen molar-refractivity contribution in [2.75, 3.05) is 17.5 Å². The molecule has 0 unspecified atom stereocenters. The molecule has 0 aliphatic heterocycles. The number of ether oxygens (including phenoxy) is 2. The third-order valence-electron chi connectivity index (χ3n) is 5.69. The topological polar surface area (TPSA) is 97.3 Å². The lowest BCUT2D eigenvalue weighted by atomic mass is 10.2. The van der Waals surface area contributed by atoms with Gasteiger partial charge in [0.15, 0.2) is 11.5 Å². The number of benzene rings is 4. The van der Waals surface area contributed by atoms with Gasteiger partial charge in [-0.3, -0.25) is 9.10 Å². The van der Waals surface area contributed by atoms with Gasteiger partial charge in [-0.15, -0.1) is 0 Å². The summed E-state index contributed by atoms with van der Waals surface area (Å²) in [5.41, 5.74) is 4.28. The molecular formula is C30H27Cl2N3O5S. The van der Waals surface area contributed by atoms with Crippen LogP contribution in [-0.4, -0.2) is 33.7 Å². The Bertz CT molecular complexity index is 1620. The normalized spacial score (nSPS) is 11.3. The minimum absolute atomic E-state index is 0.00294. The van der Waals surface area contributed by atoms with Crippen molar-refractivity contribution in [2.24, 2.45) is 5.10 Å². The van der Waals surface area contributed by atoms with Gasteiger partial charge in [0.1, 0.15) is 13.2 Å². The van der Waals surface area contributed by atoms with Crippen LogP contribution in [0.15, 0.2) is 107 Å². The highest BCUT2D eigenvalue weighted by atomic mass is 35.5. The summed E-state index contributed by atoms with van der Waals surface area (Å²) in [6, 6.07) is 26.7. The zero-order chi connectivity index (χ0) is 29.2. The number of sulfonamides is 1. The molecule has 0 saturated carbocycles. The Morgan fingerprint density at radius 2 is 1.63 bits per heavy atom. The Kier molecular flexibility index (Phi) is 10.2. The average Bonchev–Trinajstić information content (AvgIpc) is 2.96. The Morgan fingerprint density at radius 3 is 2.34 bits per heavy atom. The molecule has 0 fully saturated rings. The summed E-state index contributed by atoms with van der Waals surface area (Å²) in [4.78, 5) is 12.8. The van der Waals surface area contributed by atoms with Crippen LogP contribution >= 0.6 is 23.2 Å². The Hall–Kier alpha value is -4.05. The van der Waals surface area contributed by atoms with Crippen molar-refractivity contribution in [1.29, 1.82) is 0 Å². The van der Waals surface area contributed by atoms with E-state index in [4.69, 9.17) is 32.7 Å². The number of carbonyl (C=O) groups is 1. The van der Waals surface area contributed by atoms with Crippen LogP contribution in [-0.2, 0) is 21.4 Å². The van der Waals surface area contributed by atoms with Gasteiger partial charge >= 0.3 is 0 Å². The van der Waals surface area contributed by atoms with Crippen molar-refractivity contribution in [3.8, 4) is 11.5 Å². The van der Waals surface area contributed by atoms with E-state index in [1.807, 2.05) is 25.1 Å². The van der Waals surface area contributed by atoms with E-state index in [9.17, 15) is 13.2 Å². The van der Waals surface area contributed by atoms with Gasteiger partial charge in [-0.25, -0.2) is 13.8 Å². The van der Waals surface area contributed by atoms with Gasteiger partial charge in [0.25, 0.3) is 15.9 Å². The lowest BCUT2D eigenvalue weighted by Crippen LogP contribution is -2.39. The van der Waals surface area contributed by atoms with E-state index in [1.165, 1.54) is 30.5 Å². The molecule has 41 heavy (non-hydrogen) atoms. The number of nitrogens with zero attached hydrogens (tertiary/aromatic N) is 2. The number of hydrogen-bond donors (Lipinski definition) is 1. The second-order valence-corrected chi connectivity index (χ2v) is 11.4. The summed E-state index contributed by atoms with van der Waals surface area (Å²) in [7, 11) is -4.06. The molecule has 212 valence electrons. The largest absolute Gasteiger partial charge is 0.490 e. The predicted octanol–water partition coefficient (Wildman–Crippen LogP) is 6.32. The fourth-order valence-electron chi connectivity index (χ4n) is 3.77. The number of nitrogens with one attached hydrogen (secondary N) is 1. The van der Waals surface area contributed by atoms with Crippen LogP contribution in [0.3, 0.4) is 0 Å². The lowest BCUT2D eigenvalue weighted by molar-refractivity contribution is -0.119. The maximum absolute atomic E-state index is 13.4. The molecule has 4 aromatic rings. The van der Waals surface area contributed by atoms with Crippen LogP contribution in [0.1, 0.15) is 18.1 Å². The van der Waals surface area contributed by atoms with Crippen LogP contribution in [0.2, 0.25) is 10.0 Å². The molecule has 8 nitrogen and oxygen atoms in total. The highest BCUT2D eigenvalue weighted by molar-refractivity contribution is 7.92. The van der Waals surface area contributed by atoms with Crippen molar-refractivity contribution in [3.63, 3.8) is 0 Å². The first-order valence-corrected chi connectivity index (χ1v) is 14.7. The number of hydrazone groups is 1. The zero-order valence-corrected chi connectivity index (χ0v) is 24.4. The number of carbonyl (C=O) groups excluding carboxylic acids is 1. The van der Waals surface area contributed by atoms with Gasteiger partial charge in [0, 0.05) is 10.0 Å². The number of para-hydroxylation sites is 1. The van der Waals surface area contributed by atoms with Crippen LogP contribution in [0.25, 0.3) is 0 Å². The van der Waals surface area contributed by atoms with Gasteiger partial charge in [-0.1, -0.05) is 53.5 Å². The van der Waals surface area contributed by atoms with Crippen molar-refractivity contribution < 1.29 is 22.7 Å². The van der Waals surface area contributed by atoms with E-state index < -0.39 is 22.5 Å². The smallest absolute Gasteiger partial charge is 0.264 e. The van der Waals surface area contributed by atoms with E-state index in [0.29, 0.717) is 46.0 Å². The standard InChI is InChI=1S/C30H27Cl2N3O5S/c1-2-39-29-18-22(11-16-28(29)40-21-23-7-6-8-25(32)17-23)19-33-34-30(36)20-35(26-9-4-3-5-10-26)41(37,38)27-14-12-24(31)13-15-27/h3-19H,2,20-21H2,1H3,(H,34,36)/b33-19-. The Labute approximate surface area is 249 Å². The van der Waals surface area contributed by atoms with E-state index >= 15 is 0 Å². The quantitative estimate of drug-likeness (QED) is 0.149. The van der Waals surface area contributed by atoms with E-state index in [1.54, 1.807) is 54.6 Å². The molecule has 0 aliphatic rings. The van der Waals surface area contributed by atoms with Crippen molar-refractivity contribution in [1.82, 2.24) is 5.43 Å². The first kappa shape index (κ1) is 29.9. The summed E-state index contributed by atoms with van der Waals surface area (Å²) < 4.78 is 39.5. The number of amides is 1. The molecule has 0 saturated heterocycles. The summed E-state index contributed by atoms with van der Waals surface area (Å²) in [5, 5.41) is 5.04. The highest BCUT2D eigenvalue weighted by Gasteiger charge is 2.27. The van der Waals surface area contributed by atoms with Crippen LogP contribution < -0.4 is 19.2 Å². The average molecular weight is 613 g/mol. The van der Waals surface area contributed by atoms with E-state index in [-0.39, 0.29) is 4.90 Å². The molecule has 1 amide bonds. The molecular weight excluding hydrogens is 585 g/mol. The van der Waals surface area contributed by atoms with Crippen molar-refractivity contribution in [3.05, 3.63) is 118 Å². The van der Waals surface area contributed by atoms with Gasteiger partial charge in [0.2, 0.25) is 0 Å². The van der Waals surface area contributed by atoms with E-state index in [0.717, 1.165) is 9.87 Å². The molecule has 0 heterocycles. The molecule has 0 atom stereocenters. The highest BCUT2D eigenvalue weighted by Crippen LogP contribution is 2.29. The monoisotopic (exact) mass is 611 g/mol. The number of rotatable bonds is 12. The Balaban J connectivity index is 1.45. The fraction of sp³-hybridized carbons (Fsp3) is 0.133. The van der Waals surface area contributed by atoms with Gasteiger partial charge in [-0.2, -0.15) is 5.10 Å². The molecule has 4 rings (SSSR count). The van der Waals surface area contributed by atoms with Gasteiger partial charge in [0.05, 0.1) is 23.4 Å². The zero-order valence-electron chi connectivity index (χ0n) is 22.0. The second kappa shape index (κ2) is 14.0. The number of hydrogen-bond acceptors (Lipinski definition) is 6. The number of anilines is 1. The Morgan fingerprint density at radius 1 is 0.878 bits per heavy atom.